The highest BCUT2D eigenvalue weighted by atomic mass is 16.5. The Hall–Kier alpha value is -3.88. The van der Waals surface area contributed by atoms with E-state index in [0.29, 0.717) is 17.9 Å². The van der Waals surface area contributed by atoms with E-state index in [4.69, 9.17) is 4.74 Å². The van der Waals surface area contributed by atoms with Gasteiger partial charge in [-0.25, -0.2) is 4.79 Å². The van der Waals surface area contributed by atoms with Gasteiger partial charge in [0.15, 0.2) is 0 Å². The minimum absolute atomic E-state index is 0.178. The molecule has 9 nitrogen and oxygen atoms in total. The number of carbonyl (C=O) groups excluding carboxylic acids is 4. The Morgan fingerprint density at radius 1 is 1.10 bits per heavy atom. The number of carbonyl (C=O) groups is 4. The van der Waals surface area contributed by atoms with Crippen LogP contribution in [-0.4, -0.2) is 55.5 Å². The number of nitrogens with one attached hydrogen (secondary N) is 2. The number of esters is 1. The molecule has 0 atom stereocenters. The first-order chi connectivity index (χ1) is 14.9. The van der Waals surface area contributed by atoms with Gasteiger partial charge in [0.25, 0.3) is 5.91 Å². The SMILES string of the molecule is CCOC(=O)CN1CC(=O)N(C)c2ccc(NC(=O)NCc3ccccc3)cc2C1=O. The Morgan fingerprint density at radius 3 is 2.55 bits per heavy atom. The molecule has 2 aromatic rings. The first-order valence-electron chi connectivity index (χ1n) is 9.83. The Balaban J connectivity index is 1.76. The van der Waals surface area contributed by atoms with Crippen LogP contribution in [0.5, 0.6) is 0 Å². The zero-order chi connectivity index (χ0) is 22.4. The van der Waals surface area contributed by atoms with Gasteiger partial charge in [-0.1, -0.05) is 30.3 Å². The number of rotatable bonds is 6. The van der Waals surface area contributed by atoms with Gasteiger partial charge in [-0.3, -0.25) is 14.4 Å². The van der Waals surface area contributed by atoms with Gasteiger partial charge >= 0.3 is 12.0 Å². The molecule has 0 saturated carbocycles. The molecule has 3 rings (SSSR count). The highest BCUT2D eigenvalue weighted by molar-refractivity contribution is 6.11. The minimum atomic E-state index is -0.593. The van der Waals surface area contributed by atoms with Gasteiger partial charge < -0.3 is 25.2 Å². The molecule has 1 heterocycles. The molecule has 0 bridgehead atoms. The second-order valence-electron chi connectivity index (χ2n) is 6.94. The average Bonchev–Trinajstić information content (AvgIpc) is 2.84. The first kappa shape index (κ1) is 21.8. The van der Waals surface area contributed by atoms with Crippen molar-refractivity contribution in [2.75, 3.05) is 37.0 Å². The molecule has 4 amide bonds. The van der Waals surface area contributed by atoms with Crippen LogP contribution in [0.15, 0.2) is 48.5 Å². The van der Waals surface area contributed by atoms with Crippen molar-refractivity contribution in [1.29, 1.82) is 0 Å². The molecule has 0 radical (unpaired) electrons. The second-order valence-corrected chi connectivity index (χ2v) is 6.94. The molecule has 1 aliphatic rings. The standard InChI is InChI=1S/C22H24N4O5/c1-3-31-20(28)14-26-13-19(27)25(2)18-10-9-16(11-17(18)21(26)29)24-22(30)23-12-15-7-5-4-6-8-15/h4-11H,3,12-14H2,1-2H3,(H2,23,24,30). The molecule has 1 aliphatic heterocycles. The summed E-state index contributed by atoms with van der Waals surface area (Å²) in [5.74, 6) is -1.42. The van der Waals surface area contributed by atoms with E-state index in [1.807, 2.05) is 30.3 Å². The second kappa shape index (κ2) is 9.75. The predicted molar refractivity (Wildman–Crippen MR) is 115 cm³/mol. The zero-order valence-corrected chi connectivity index (χ0v) is 17.4. The molecule has 0 spiro atoms. The summed E-state index contributed by atoms with van der Waals surface area (Å²) in [6, 6.07) is 13.7. The fraction of sp³-hybridized carbons (Fsp3) is 0.273. The van der Waals surface area contributed by atoms with Gasteiger partial charge in [0.05, 0.1) is 17.9 Å². The summed E-state index contributed by atoms with van der Waals surface area (Å²) in [6.07, 6.45) is 0. The summed E-state index contributed by atoms with van der Waals surface area (Å²) < 4.78 is 4.90. The third-order valence-electron chi connectivity index (χ3n) is 4.75. The van der Waals surface area contributed by atoms with Crippen LogP contribution in [0.1, 0.15) is 22.8 Å². The number of nitrogens with zero attached hydrogens (tertiary/aromatic N) is 2. The lowest BCUT2D eigenvalue weighted by molar-refractivity contribution is -0.144. The summed E-state index contributed by atoms with van der Waals surface area (Å²) in [6.45, 7) is 1.61. The lowest BCUT2D eigenvalue weighted by atomic mass is 10.1. The normalized spacial score (nSPS) is 13.4. The third kappa shape index (κ3) is 5.39. The quantitative estimate of drug-likeness (QED) is 0.690. The van der Waals surface area contributed by atoms with E-state index >= 15 is 0 Å². The third-order valence-corrected chi connectivity index (χ3v) is 4.75. The summed E-state index contributed by atoms with van der Waals surface area (Å²) in [7, 11) is 1.56. The molecule has 9 heteroatoms. The molecule has 31 heavy (non-hydrogen) atoms. The van der Waals surface area contributed by atoms with Crippen LogP contribution in [0.25, 0.3) is 0 Å². The fourth-order valence-corrected chi connectivity index (χ4v) is 3.17. The molecular formula is C22H24N4O5. The Labute approximate surface area is 180 Å². The van der Waals surface area contributed by atoms with Crippen LogP contribution in [0.4, 0.5) is 16.2 Å². The van der Waals surface area contributed by atoms with Crippen LogP contribution in [0.3, 0.4) is 0 Å². The summed E-state index contributed by atoms with van der Waals surface area (Å²) >= 11 is 0. The van der Waals surface area contributed by atoms with Crippen molar-refractivity contribution in [3.05, 3.63) is 59.7 Å². The number of amides is 4. The summed E-state index contributed by atoms with van der Waals surface area (Å²) in [4.78, 5) is 52.1. The Kier molecular flexibility index (Phi) is 6.86. The van der Waals surface area contributed by atoms with Crippen molar-refractivity contribution in [2.45, 2.75) is 13.5 Å². The van der Waals surface area contributed by atoms with Crippen molar-refractivity contribution in [3.8, 4) is 0 Å². The number of ether oxygens (including phenoxy) is 1. The fourth-order valence-electron chi connectivity index (χ4n) is 3.17. The Morgan fingerprint density at radius 2 is 1.84 bits per heavy atom. The minimum Gasteiger partial charge on any atom is -0.465 e. The van der Waals surface area contributed by atoms with Crippen molar-refractivity contribution < 1.29 is 23.9 Å². The smallest absolute Gasteiger partial charge is 0.325 e. The van der Waals surface area contributed by atoms with Crippen LogP contribution < -0.4 is 15.5 Å². The molecule has 0 saturated heterocycles. The first-order valence-corrected chi connectivity index (χ1v) is 9.83. The molecule has 0 unspecified atom stereocenters. The maximum absolute atomic E-state index is 13.0. The number of hydrogen-bond acceptors (Lipinski definition) is 5. The zero-order valence-electron chi connectivity index (χ0n) is 17.4. The van der Waals surface area contributed by atoms with Crippen LogP contribution in [-0.2, 0) is 20.9 Å². The Bertz CT molecular complexity index is 993. The molecule has 2 N–H and O–H groups in total. The summed E-state index contributed by atoms with van der Waals surface area (Å²) in [5, 5.41) is 5.43. The number of fused-ring (bicyclic) bond motifs is 1. The van der Waals surface area contributed by atoms with Gasteiger partial charge in [0.2, 0.25) is 5.91 Å². The average molecular weight is 424 g/mol. The van der Waals surface area contributed by atoms with Crippen LogP contribution in [0.2, 0.25) is 0 Å². The van der Waals surface area contributed by atoms with Gasteiger partial charge in [-0.2, -0.15) is 0 Å². The molecule has 0 aliphatic carbocycles. The van der Waals surface area contributed by atoms with E-state index in [1.54, 1.807) is 26.1 Å². The molecular weight excluding hydrogens is 400 g/mol. The highest BCUT2D eigenvalue weighted by Gasteiger charge is 2.31. The van der Waals surface area contributed by atoms with Gasteiger partial charge in [0, 0.05) is 19.3 Å². The van der Waals surface area contributed by atoms with E-state index < -0.39 is 17.9 Å². The number of anilines is 2. The van der Waals surface area contributed by atoms with Crippen LogP contribution in [0, 0.1) is 0 Å². The van der Waals surface area contributed by atoms with Crippen molar-refractivity contribution in [3.63, 3.8) is 0 Å². The monoisotopic (exact) mass is 424 g/mol. The van der Waals surface area contributed by atoms with Crippen molar-refractivity contribution in [1.82, 2.24) is 10.2 Å². The van der Waals surface area contributed by atoms with Gasteiger partial charge in [-0.05, 0) is 30.7 Å². The number of hydrogen-bond donors (Lipinski definition) is 2. The number of benzene rings is 2. The van der Waals surface area contributed by atoms with E-state index in [9.17, 15) is 19.2 Å². The van der Waals surface area contributed by atoms with Gasteiger partial charge in [-0.15, -0.1) is 0 Å². The largest absolute Gasteiger partial charge is 0.465 e. The van der Waals surface area contributed by atoms with E-state index in [1.165, 1.54) is 11.0 Å². The van der Waals surface area contributed by atoms with Crippen molar-refractivity contribution in [2.24, 2.45) is 0 Å². The topological polar surface area (TPSA) is 108 Å². The highest BCUT2D eigenvalue weighted by Crippen LogP contribution is 2.27. The molecule has 162 valence electrons. The van der Waals surface area contributed by atoms with Gasteiger partial charge in [0.1, 0.15) is 13.1 Å². The molecule has 2 aromatic carbocycles. The summed E-state index contributed by atoms with van der Waals surface area (Å²) in [5.41, 5.74) is 1.94. The van der Waals surface area contributed by atoms with E-state index in [-0.39, 0.29) is 31.2 Å². The van der Waals surface area contributed by atoms with Crippen LogP contribution >= 0.6 is 0 Å². The van der Waals surface area contributed by atoms with E-state index in [0.717, 1.165) is 10.5 Å². The maximum Gasteiger partial charge on any atom is 0.325 e. The van der Waals surface area contributed by atoms with Crippen molar-refractivity contribution >= 4 is 35.2 Å². The number of likely N-dealkylation sites (N-methyl/N-ethyl adjacent to an activating group) is 1. The molecule has 0 fully saturated rings. The predicted octanol–water partition coefficient (Wildman–Crippen LogP) is 1.99. The van der Waals surface area contributed by atoms with E-state index in [2.05, 4.69) is 10.6 Å². The number of urea groups is 1. The molecule has 0 aromatic heterocycles. The lowest BCUT2D eigenvalue weighted by Gasteiger charge is -2.18. The lowest BCUT2D eigenvalue weighted by Crippen LogP contribution is -2.41. The maximum atomic E-state index is 13.0.